The summed E-state index contributed by atoms with van der Waals surface area (Å²) in [6.07, 6.45) is 3.53. The largest absolute Gasteiger partial charge is 0.284 e. The molecule has 0 atom stereocenters. The summed E-state index contributed by atoms with van der Waals surface area (Å²) in [5.74, 6) is 0.114. The van der Waals surface area contributed by atoms with Gasteiger partial charge in [-0.3, -0.25) is 9.36 Å². The monoisotopic (exact) mass is 341 g/mol. The van der Waals surface area contributed by atoms with Crippen LogP contribution in [0.15, 0.2) is 46.5 Å². The van der Waals surface area contributed by atoms with Gasteiger partial charge in [-0.15, -0.1) is 5.10 Å². The van der Waals surface area contributed by atoms with Crippen molar-refractivity contribution in [2.45, 2.75) is 12.1 Å². The van der Waals surface area contributed by atoms with Crippen LogP contribution >= 0.6 is 11.8 Å². The Labute approximate surface area is 140 Å². The molecule has 0 radical (unpaired) electrons. The molecule has 0 aliphatic carbocycles. The molecule has 24 heavy (non-hydrogen) atoms. The van der Waals surface area contributed by atoms with Crippen molar-refractivity contribution >= 4 is 28.4 Å². The molecule has 4 aromatic rings. The van der Waals surface area contributed by atoms with Gasteiger partial charge in [-0.2, -0.15) is 9.50 Å². The first-order chi connectivity index (χ1) is 11.6. The number of nitrogens with zero attached hydrogens (tertiary/aromatic N) is 5. The summed E-state index contributed by atoms with van der Waals surface area (Å²) in [5.41, 5.74) is 1.59. The van der Waals surface area contributed by atoms with E-state index in [0.29, 0.717) is 33.2 Å². The van der Waals surface area contributed by atoms with Crippen molar-refractivity contribution in [2.75, 3.05) is 6.26 Å². The van der Waals surface area contributed by atoms with Crippen molar-refractivity contribution in [1.29, 1.82) is 0 Å². The second-order valence-electron chi connectivity index (χ2n) is 5.24. The molecule has 0 N–H and O–H groups in total. The third-order valence-corrected chi connectivity index (χ3v) is 4.32. The standard InChI is InChI=1S/C16H12FN5OS/c1-9-13-12(22-15(18-9)19-16(20-22)24-2)7-8-21(14(13)23)11-5-3-10(17)4-6-11/h3-8H,1-2H3. The number of aryl methyl sites for hydroxylation is 1. The summed E-state index contributed by atoms with van der Waals surface area (Å²) < 4.78 is 16.2. The Bertz CT molecular complexity index is 1130. The quantitative estimate of drug-likeness (QED) is 0.524. The molecule has 0 spiro atoms. The predicted octanol–water partition coefficient (Wildman–Crippen LogP) is 2.60. The maximum atomic E-state index is 13.1. The van der Waals surface area contributed by atoms with Gasteiger partial charge in [-0.1, -0.05) is 11.8 Å². The molecule has 0 fully saturated rings. The molecular formula is C16H12FN5OS. The number of hydrogen-bond acceptors (Lipinski definition) is 5. The van der Waals surface area contributed by atoms with Crippen LogP contribution in [-0.4, -0.2) is 30.4 Å². The smallest absolute Gasteiger partial charge is 0.266 e. The van der Waals surface area contributed by atoms with Crippen molar-refractivity contribution in [3.8, 4) is 5.69 Å². The van der Waals surface area contributed by atoms with Gasteiger partial charge < -0.3 is 0 Å². The first kappa shape index (κ1) is 14.8. The average Bonchev–Trinajstić information content (AvgIpc) is 2.99. The molecule has 1 aromatic carbocycles. The number of benzene rings is 1. The Morgan fingerprint density at radius 1 is 1.12 bits per heavy atom. The minimum Gasteiger partial charge on any atom is -0.284 e. The Morgan fingerprint density at radius 2 is 1.88 bits per heavy atom. The summed E-state index contributed by atoms with van der Waals surface area (Å²) in [6.45, 7) is 1.77. The van der Waals surface area contributed by atoms with Gasteiger partial charge in [0.05, 0.1) is 16.6 Å². The normalized spacial score (nSPS) is 11.5. The zero-order valence-corrected chi connectivity index (χ0v) is 13.7. The van der Waals surface area contributed by atoms with Crippen molar-refractivity contribution in [1.82, 2.24) is 24.1 Å². The van der Waals surface area contributed by atoms with Gasteiger partial charge in [0, 0.05) is 11.9 Å². The van der Waals surface area contributed by atoms with Crippen molar-refractivity contribution in [2.24, 2.45) is 0 Å². The van der Waals surface area contributed by atoms with E-state index in [0.717, 1.165) is 0 Å². The SMILES string of the molecule is CSc1nc2nc(C)c3c(=O)n(-c4ccc(F)cc4)ccc3n2n1. The fourth-order valence-corrected chi connectivity index (χ4v) is 3.00. The molecule has 3 heterocycles. The number of aromatic nitrogens is 5. The molecule has 4 rings (SSSR count). The molecule has 0 saturated heterocycles. The molecule has 0 saturated carbocycles. The lowest BCUT2D eigenvalue weighted by molar-refractivity contribution is 0.627. The van der Waals surface area contributed by atoms with Crippen LogP contribution in [0.3, 0.4) is 0 Å². The second kappa shape index (κ2) is 5.41. The topological polar surface area (TPSA) is 65.1 Å². The van der Waals surface area contributed by atoms with Gasteiger partial charge in [-0.25, -0.2) is 9.37 Å². The summed E-state index contributed by atoms with van der Waals surface area (Å²) >= 11 is 1.41. The van der Waals surface area contributed by atoms with Gasteiger partial charge in [0.15, 0.2) is 0 Å². The Hall–Kier alpha value is -2.74. The number of thioether (sulfide) groups is 1. The van der Waals surface area contributed by atoms with E-state index in [2.05, 4.69) is 15.1 Å². The Morgan fingerprint density at radius 3 is 2.58 bits per heavy atom. The van der Waals surface area contributed by atoms with Crippen molar-refractivity contribution in [3.05, 3.63) is 58.4 Å². The van der Waals surface area contributed by atoms with E-state index in [4.69, 9.17) is 0 Å². The van der Waals surface area contributed by atoms with Crippen molar-refractivity contribution in [3.63, 3.8) is 0 Å². The molecule has 0 bridgehead atoms. The fourth-order valence-electron chi connectivity index (χ4n) is 2.66. The van der Waals surface area contributed by atoms with Gasteiger partial charge in [0.25, 0.3) is 11.3 Å². The summed E-state index contributed by atoms with van der Waals surface area (Å²) in [5, 5.41) is 5.42. The number of halogens is 1. The third-order valence-electron chi connectivity index (χ3n) is 3.79. The molecule has 6 nitrogen and oxygen atoms in total. The number of hydrogen-bond donors (Lipinski definition) is 0. The first-order valence-electron chi connectivity index (χ1n) is 7.17. The van der Waals surface area contributed by atoms with Crippen LogP contribution in [-0.2, 0) is 0 Å². The summed E-state index contributed by atoms with van der Waals surface area (Å²) in [4.78, 5) is 21.6. The van der Waals surface area contributed by atoms with Crippen LogP contribution < -0.4 is 5.56 Å². The zero-order chi connectivity index (χ0) is 16.8. The van der Waals surface area contributed by atoms with E-state index < -0.39 is 0 Å². The summed E-state index contributed by atoms with van der Waals surface area (Å²) in [7, 11) is 0. The van der Waals surface area contributed by atoms with Crippen LogP contribution in [0.1, 0.15) is 5.69 Å². The van der Waals surface area contributed by atoms with Gasteiger partial charge >= 0.3 is 0 Å². The average molecular weight is 341 g/mol. The molecule has 120 valence electrons. The number of pyridine rings is 1. The summed E-state index contributed by atoms with van der Waals surface area (Å²) in [6, 6.07) is 7.56. The van der Waals surface area contributed by atoms with E-state index in [1.807, 2.05) is 6.26 Å². The maximum absolute atomic E-state index is 13.1. The highest BCUT2D eigenvalue weighted by molar-refractivity contribution is 7.98. The van der Waals surface area contributed by atoms with Gasteiger partial charge in [0.2, 0.25) is 5.16 Å². The molecule has 0 unspecified atom stereocenters. The van der Waals surface area contributed by atoms with E-state index in [1.165, 1.54) is 28.5 Å². The van der Waals surface area contributed by atoms with Gasteiger partial charge in [0.1, 0.15) is 5.82 Å². The van der Waals surface area contributed by atoms with Crippen molar-refractivity contribution < 1.29 is 4.39 Å². The molecule has 8 heteroatoms. The van der Waals surface area contributed by atoms with Crippen LogP contribution in [0.25, 0.3) is 22.4 Å². The molecule has 3 aromatic heterocycles. The number of fused-ring (bicyclic) bond motifs is 3. The lowest BCUT2D eigenvalue weighted by Crippen LogP contribution is -2.20. The number of rotatable bonds is 2. The van der Waals surface area contributed by atoms with Crippen LogP contribution in [0.4, 0.5) is 4.39 Å². The third kappa shape index (κ3) is 2.18. The van der Waals surface area contributed by atoms with E-state index >= 15 is 0 Å². The van der Waals surface area contributed by atoms with E-state index in [1.54, 1.807) is 35.8 Å². The Balaban J connectivity index is 2.05. The molecular weight excluding hydrogens is 329 g/mol. The Kier molecular flexibility index (Phi) is 3.34. The lowest BCUT2D eigenvalue weighted by atomic mass is 10.2. The van der Waals surface area contributed by atoms with Crippen LogP contribution in [0, 0.1) is 12.7 Å². The molecule has 0 aliphatic heterocycles. The molecule has 0 aliphatic rings. The lowest BCUT2D eigenvalue weighted by Gasteiger charge is -2.09. The first-order valence-corrected chi connectivity index (χ1v) is 8.39. The molecule has 0 amide bonds. The highest BCUT2D eigenvalue weighted by Crippen LogP contribution is 2.18. The minimum atomic E-state index is -0.348. The van der Waals surface area contributed by atoms with Crippen LogP contribution in [0.5, 0.6) is 0 Å². The van der Waals surface area contributed by atoms with Gasteiger partial charge in [-0.05, 0) is 43.5 Å². The van der Waals surface area contributed by atoms with Crippen LogP contribution in [0.2, 0.25) is 0 Å². The van der Waals surface area contributed by atoms with E-state index in [-0.39, 0.29) is 11.4 Å². The fraction of sp³-hybridized carbons (Fsp3) is 0.125. The second-order valence-corrected chi connectivity index (χ2v) is 6.01. The minimum absolute atomic E-state index is 0.229. The maximum Gasteiger partial charge on any atom is 0.266 e. The highest BCUT2D eigenvalue weighted by atomic mass is 32.2. The van der Waals surface area contributed by atoms with E-state index in [9.17, 15) is 9.18 Å². The highest BCUT2D eigenvalue weighted by Gasteiger charge is 2.14. The zero-order valence-electron chi connectivity index (χ0n) is 12.9. The predicted molar refractivity (Wildman–Crippen MR) is 90.4 cm³/mol.